The third-order valence-corrected chi connectivity index (χ3v) is 2.90. The zero-order valence-corrected chi connectivity index (χ0v) is 9.54. The van der Waals surface area contributed by atoms with E-state index >= 15 is 0 Å². The van der Waals surface area contributed by atoms with Crippen molar-refractivity contribution >= 4 is 5.91 Å². The fourth-order valence-electron chi connectivity index (χ4n) is 2.24. The molecule has 1 aliphatic rings. The van der Waals surface area contributed by atoms with E-state index in [1.54, 1.807) is 17.1 Å². The van der Waals surface area contributed by atoms with Crippen molar-refractivity contribution in [1.82, 2.24) is 14.7 Å². The lowest BCUT2D eigenvalue weighted by atomic mass is 9.96. The third-order valence-electron chi connectivity index (χ3n) is 2.90. The zero-order valence-electron chi connectivity index (χ0n) is 9.54. The first-order valence-corrected chi connectivity index (χ1v) is 5.66. The molecular weight excluding hydrogens is 204 g/mol. The monoisotopic (exact) mass is 222 g/mol. The van der Waals surface area contributed by atoms with E-state index in [0.29, 0.717) is 19.0 Å². The molecule has 1 aliphatic heterocycles. The molecule has 1 fully saturated rings. The number of piperidine rings is 1. The van der Waals surface area contributed by atoms with Crippen LogP contribution >= 0.6 is 0 Å². The first-order valence-electron chi connectivity index (χ1n) is 5.66. The summed E-state index contributed by atoms with van der Waals surface area (Å²) in [5.74, 6) is 0.594. The molecule has 0 aliphatic carbocycles. The summed E-state index contributed by atoms with van der Waals surface area (Å²) >= 11 is 0. The quantitative estimate of drug-likeness (QED) is 0.770. The van der Waals surface area contributed by atoms with Crippen LogP contribution < -0.4 is 5.73 Å². The van der Waals surface area contributed by atoms with Crippen molar-refractivity contribution in [2.75, 3.05) is 13.1 Å². The van der Waals surface area contributed by atoms with Gasteiger partial charge in [-0.25, -0.2) is 0 Å². The molecule has 5 nitrogen and oxygen atoms in total. The average Bonchev–Trinajstić information content (AvgIpc) is 2.68. The van der Waals surface area contributed by atoms with E-state index in [4.69, 9.17) is 5.73 Å². The molecule has 5 heteroatoms. The van der Waals surface area contributed by atoms with Gasteiger partial charge in [-0.3, -0.25) is 9.48 Å². The molecule has 1 amide bonds. The minimum Gasteiger partial charge on any atom is -0.339 e. The summed E-state index contributed by atoms with van der Waals surface area (Å²) < 4.78 is 1.65. The number of amides is 1. The average molecular weight is 222 g/mol. The molecular formula is C11H18N4O. The number of hydrogen-bond acceptors (Lipinski definition) is 3. The second-order valence-electron chi connectivity index (χ2n) is 4.60. The maximum Gasteiger partial charge on any atom is 0.244 e. The lowest BCUT2D eigenvalue weighted by Gasteiger charge is -2.34. The fourth-order valence-corrected chi connectivity index (χ4v) is 2.24. The van der Waals surface area contributed by atoms with Crippen LogP contribution in [0.15, 0.2) is 18.5 Å². The Hall–Kier alpha value is -1.36. The number of rotatable bonds is 2. The van der Waals surface area contributed by atoms with Gasteiger partial charge in [0.05, 0.1) is 0 Å². The lowest BCUT2D eigenvalue weighted by molar-refractivity contribution is -0.134. The van der Waals surface area contributed by atoms with Crippen molar-refractivity contribution < 1.29 is 4.79 Å². The predicted molar refractivity (Wildman–Crippen MR) is 60.6 cm³/mol. The van der Waals surface area contributed by atoms with E-state index < -0.39 is 0 Å². The maximum absolute atomic E-state index is 12.0. The Balaban J connectivity index is 1.94. The normalized spacial score (nSPS) is 25.8. The maximum atomic E-state index is 12.0. The van der Waals surface area contributed by atoms with Gasteiger partial charge in [-0.2, -0.15) is 5.10 Å². The Morgan fingerprint density at radius 2 is 2.38 bits per heavy atom. The molecule has 1 aromatic heterocycles. The number of likely N-dealkylation sites (tertiary alicyclic amines) is 1. The van der Waals surface area contributed by atoms with Crippen molar-refractivity contribution in [3.63, 3.8) is 0 Å². The number of aromatic nitrogens is 2. The van der Waals surface area contributed by atoms with Crippen molar-refractivity contribution in [1.29, 1.82) is 0 Å². The van der Waals surface area contributed by atoms with Crippen LogP contribution in [0.2, 0.25) is 0 Å². The summed E-state index contributed by atoms with van der Waals surface area (Å²) in [7, 11) is 0. The molecule has 16 heavy (non-hydrogen) atoms. The molecule has 0 radical (unpaired) electrons. The van der Waals surface area contributed by atoms with Crippen molar-refractivity contribution in [2.24, 2.45) is 11.7 Å². The molecule has 2 N–H and O–H groups in total. The van der Waals surface area contributed by atoms with Crippen LogP contribution in [0, 0.1) is 5.92 Å². The Labute approximate surface area is 95.2 Å². The first-order chi connectivity index (χ1) is 7.65. The standard InChI is InChI=1S/C11H18N4O/c1-9-5-10(12)7-14(6-9)11(16)8-15-4-2-3-13-15/h2-4,9-10H,5-8,12H2,1H3. The largest absolute Gasteiger partial charge is 0.339 e. The summed E-state index contributed by atoms with van der Waals surface area (Å²) in [4.78, 5) is 13.8. The van der Waals surface area contributed by atoms with Gasteiger partial charge in [0.15, 0.2) is 0 Å². The van der Waals surface area contributed by atoms with E-state index in [1.807, 2.05) is 11.0 Å². The van der Waals surface area contributed by atoms with Crippen LogP contribution in [-0.4, -0.2) is 39.7 Å². The van der Waals surface area contributed by atoms with Crippen LogP contribution in [0.4, 0.5) is 0 Å². The fraction of sp³-hybridized carbons (Fsp3) is 0.636. The van der Waals surface area contributed by atoms with Gasteiger partial charge in [0.1, 0.15) is 6.54 Å². The minimum atomic E-state index is 0.103. The number of hydrogen-bond donors (Lipinski definition) is 1. The SMILES string of the molecule is CC1CC(N)CN(C(=O)Cn2cccn2)C1. The second kappa shape index (κ2) is 4.65. The molecule has 2 rings (SSSR count). The van der Waals surface area contributed by atoms with Crippen molar-refractivity contribution in [3.8, 4) is 0 Å². The highest BCUT2D eigenvalue weighted by atomic mass is 16.2. The Morgan fingerprint density at radius 3 is 3.00 bits per heavy atom. The highest BCUT2D eigenvalue weighted by Gasteiger charge is 2.25. The molecule has 2 atom stereocenters. The van der Waals surface area contributed by atoms with Gasteiger partial charge in [-0.15, -0.1) is 0 Å². The van der Waals surface area contributed by atoms with Crippen LogP contribution in [0.25, 0.3) is 0 Å². The van der Waals surface area contributed by atoms with Crippen LogP contribution in [0.3, 0.4) is 0 Å². The van der Waals surface area contributed by atoms with Crippen molar-refractivity contribution in [2.45, 2.75) is 25.9 Å². The first kappa shape index (κ1) is 11.1. The molecule has 0 spiro atoms. The molecule has 1 saturated heterocycles. The van der Waals surface area contributed by atoms with Gasteiger partial charge in [0.2, 0.25) is 5.91 Å². The molecule has 1 aromatic rings. The van der Waals surface area contributed by atoms with E-state index in [0.717, 1.165) is 13.0 Å². The van der Waals surface area contributed by atoms with E-state index in [2.05, 4.69) is 12.0 Å². The number of carbonyl (C=O) groups excluding carboxylic acids is 1. The highest BCUT2D eigenvalue weighted by Crippen LogP contribution is 2.15. The van der Waals surface area contributed by atoms with E-state index in [-0.39, 0.29) is 11.9 Å². The van der Waals surface area contributed by atoms with Crippen LogP contribution in [0.5, 0.6) is 0 Å². The highest BCUT2D eigenvalue weighted by molar-refractivity contribution is 5.76. The molecule has 2 heterocycles. The summed E-state index contributed by atoms with van der Waals surface area (Å²) in [5.41, 5.74) is 5.91. The summed E-state index contributed by atoms with van der Waals surface area (Å²) in [5, 5.41) is 4.03. The second-order valence-corrected chi connectivity index (χ2v) is 4.60. The Kier molecular flexibility index (Phi) is 3.24. The summed E-state index contributed by atoms with van der Waals surface area (Å²) in [6.45, 7) is 3.93. The minimum absolute atomic E-state index is 0.103. The molecule has 0 bridgehead atoms. The zero-order chi connectivity index (χ0) is 11.5. The number of carbonyl (C=O) groups is 1. The third kappa shape index (κ3) is 2.61. The van der Waals surface area contributed by atoms with E-state index in [1.165, 1.54) is 0 Å². The topological polar surface area (TPSA) is 64.2 Å². The van der Waals surface area contributed by atoms with Gasteiger partial charge < -0.3 is 10.6 Å². The van der Waals surface area contributed by atoms with E-state index in [9.17, 15) is 4.79 Å². The molecule has 2 unspecified atom stereocenters. The Bertz CT molecular complexity index is 339. The number of nitrogens with zero attached hydrogens (tertiary/aromatic N) is 3. The van der Waals surface area contributed by atoms with Gasteiger partial charge >= 0.3 is 0 Å². The smallest absolute Gasteiger partial charge is 0.244 e. The van der Waals surface area contributed by atoms with Crippen LogP contribution in [0.1, 0.15) is 13.3 Å². The number of nitrogens with two attached hydrogens (primary N) is 1. The molecule has 0 saturated carbocycles. The van der Waals surface area contributed by atoms with Crippen molar-refractivity contribution in [3.05, 3.63) is 18.5 Å². The van der Waals surface area contributed by atoms with Gasteiger partial charge in [0, 0.05) is 31.5 Å². The van der Waals surface area contributed by atoms with Gasteiger partial charge in [-0.05, 0) is 18.4 Å². The predicted octanol–water partition coefficient (Wildman–Crippen LogP) is 0.0788. The molecule has 0 aromatic carbocycles. The lowest BCUT2D eigenvalue weighted by Crippen LogP contribution is -2.49. The molecule has 88 valence electrons. The summed E-state index contributed by atoms with van der Waals surface area (Å²) in [6, 6.07) is 1.93. The van der Waals surface area contributed by atoms with Crippen LogP contribution in [-0.2, 0) is 11.3 Å². The van der Waals surface area contributed by atoms with Gasteiger partial charge in [0.25, 0.3) is 0 Å². The summed E-state index contributed by atoms with van der Waals surface area (Å²) in [6.07, 6.45) is 4.48. The Morgan fingerprint density at radius 1 is 1.56 bits per heavy atom. The van der Waals surface area contributed by atoms with Gasteiger partial charge in [-0.1, -0.05) is 6.92 Å².